The van der Waals surface area contributed by atoms with Crippen LogP contribution in [0.3, 0.4) is 0 Å². The minimum atomic E-state index is -0.132. The quantitative estimate of drug-likeness (QED) is 0.338. The fraction of sp³-hybridized carbons (Fsp3) is 0.788. The number of carbonyl (C=O) groups is 1. The number of esters is 1. The normalized spacial score (nSPS) is 43.2. The smallest absolute Gasteiger partial charge is 0.302 e. The molecule has 1 heterocycles. The molecule has 37 heavy (non-hydrogen) atoms. The maximum Gasteiger partial charge on any atom is 0.302 e. The van der Waals surface area contributed by atoms with E-state index < -0.39 is 0 Å². The molecule has 0 aromatic rings. The summed E-state index contributed by atoms with van der Waals surface area (Å²) in [6.45, 7) is 13.8. The molecule has 0 amide bonds. The molecule has 0 aromatic heterocycles. The Labute approximate surface area is 226 Å². The number of allylic oxidation sites excluding steroid dienone is 4. The van der Waals surface area contributed by atoms with Gasteiger partial charge in [0.15, 0.2) is 0 Å². The number of likely N-dealkylation sites (N-methyl/N-ethyl adjacent to an activating group) is 2. The Morgan fingerprint density at radius 2 is 1.89 bits per heavy atom. The Kier molecular flexibility index (Phi) is 7.57. The molecule has 5 aliphatic rings. The zero-order valence-corrected chi connectivity index (χ0v) is 24.6. The van der Waals surface area contributed by atoms with Gasteiger partial charge in [-0.3, -0.25) is 4.79 Å². The van der Waals surface area contributed by atoms with E-state index in [9.17, 15) is 4.79 Å². The summed E-state index contributed by atoms with van der Waals surface area (Å²) < 4.78 is 6.01. The molecule has 3 fully saturated rings. The molecular weight excluding hydrogens is 456 g/mol. The van der Waals surface area contributed by atoms with Crippen LogP contribution in [0, 0.1) is 40.4 Å². The number of fused-ring (bicyclic) bond motifs is 5. The summed E-state index contributed by atoms with van der Waals surface area (Å²) in [5.74, 6) is 3.05. The summed E-state index contributed by atoms with van der Waals surface area (Å²) in [6.07, 6.45) is 17.6. The highest BCUT2D eigenvalue weighted by atomic mass is 16.5. The summed E-state index contributed by atoms with van der Waals surface area (Å²) in [7, 11) is 4.26. The molecule has 5 rings (SSSR count). The van der Waals surface area contributed by atoms with Crippen LogP contribution in [-0.2, 0) is 9.53 Å². The van der Waals surface area contributed by atoms with Gasteiger partial charge in [0.05, 0.1) is 0 Å². The van der Waals surface area contributed by atoms with Crippen molar-refractivity contribution in [3.05, 3.63) is 34.9 Å². The maximum atomic E-state index is 12.0. The van der Waals surface area contributed by atoms with Crippen LogP contribution in [0.5, 0.6) is 0 Å². The second-order valence-electron chi connectivity index (χ2n) is 13.9. The average molecular weight is 509 g/mol. The molecule has 1 N–H and O–H groups in total. The fourth-order valence-electron chi connectivity index (χ4n) is 9.87. The van der Waals surface area contributed by atoms with Gasteiger partial charge in [-0.1, -0.05) is 50.1 Å². The Bertz CT molecular complexity index is 981. The van der Waals surface area contributed by atoms with E-state index in [-0.39, 0.29) is 23.5 Å². The number of hydrogen-bond acceptors (Lipinski definition) is 4. The summed E-state index contributed by atoms with van der Waals surface area (Å²) in [4.78, 5) is 14.5. The van der Waals surface area contributed by atoms with Gasteiger partial charge in [-0.15, -0.1) is 0 Å². The highest BCUT2D eigenvalue weighted by Gasteiger charge is 2.60. The lowest BCUT2D eigenvalue weighted by Gasteiger charge is -2.59. The van der Waals surface area contributed by atoms with E-state index >= 15 is 0 Å². The van der Waals surface area contributed by atoms with E-state index in [1.165, 1.54) is 45.1 Å². The van der Waals surface area contributed by atoms with Gasteiger partial charge in [0, 0.05) is 32.0 Å². The first-order chi connectivity index (χ1) is 17.6. The van der Waals surface area contributed by atoms with Crippen LogP contribution < -0.4 is 5.32 Å². The molecule has 0 radical (unpaired) electrons. The second-order valence-corrected chi connectivity index (χ2v) is 13.9. The van der Waals surface area contributed by atoms with Crippen LogP contribution in [0.2, 0.25) is 0 Å². The highest BCUT2D eigenvalue weighted by molar-refractivity contribution is 5.66. The largest absolute Gasteiger partial charge is 0.461 e. The number of ether oxygens (including phenoxy) is 1. The minimum Gasteiger partial charge on any atom is -0.461 e. The first-order valence-electron chi connectivity index (χ1n) is 15.2. The van der Waals surface area contributed by atoms with Crippen molar-refractivity contribution in [2.75, 3.05) is 27.2 Å². The third-order valence-electron chi connectivity index (χ3n) is 12.0. The van der Waals surface area contributed by atoms with Crippen LogP contribution in [0.25, 0.3) is 0 Å². The zero-order valence-electron chi connectivity index (χ0n) is 24.6. The molecular formula is C33H52N2O2. The van der Waals surface area contributed by atoms with Crippen molar-refractivity contribution in [2.45, 2.75) is 98.1 Å². The van der Waals surface area contributed by atoms with Crippen molar-refractivity contribution in [1.82, 2.24) is 10.2 Å². The summed E-state index contributed by atoms with van der Waals surface area (Å²) in [5, 5.41) is 3.47. The molecule has 0 bridgehead atoms. The molecule has 4 nitrogen and oxygen atoms in total. The lowest BCUT2D eigenvalue weighted by Crippen LogP contribution is -2.58. The van der Waals surface area contributed by atoms with E-state index in [0.29, 0.717) is 23.2 Å². The van der Waals surface area contributed by atoms with E-state index in [0.717, 1.165) is 31.2 Å². The molecule has 0 unspecified atom stereocenters. The van der Waals surface area contributed by atoms with E-state index in [4.69, 9.17) is 4.74 Å². The standard InChI is InChI=1S/C33H52N2O2/c1-21(8-9-24-16-19-35(7)20-22(24)2)26-12-13-27-25-10-11-29-31(37-23(3)36)30(34-6)15-18-33(29,5)28(25)14-17-32(26,27)4/h8-10,21,26-31,34H,11-20H2,1-7H3/b9-8+/t21-,26-,27+,28+,29+,30-,31-,32-,33-/m1/s1. The van der Waals surface area contributed by atoms with E-state index in [1.54, 1.807) is 23.6 Å². The van der Waals surface area contributed by atoms with Gasteiger partial charge in [-0.25, -0.2) is 0 Å². The lowest BCUT2D eigenvalue weighted by molar-refractivity contribution is -0.162. The fourth-order valence-corrected chi connectivity index (χ4v) is 9.87. The van der Waals surface area contributed by atoms with Gasteiger partial charge in [0.1, 0.15) is 6.10 Å². The predicted octanol–water partition coefficient (Wildman–Crippen LogP) is 6.54. The number of nitrogens with one attached hydrogen (secondary N) is 1. The predicted molar refractivity (Wildman–Crippen MR) is 152 cm³/mol. The van der Waals surface area contributed by atoms with Crippen LogP contribution in [0.1, 0.15) is 86.0 Å². The van der Waals surface area contributed by atoms with Gasteiger partial charge >= 0.3 is 5.97 Å². The van der Waals surface area contributed by atoms with Crippen molar-refractivity contribution in [2.24, 2.45) is 40.4 Å². The Morgan fingerprint density at radius 1 is 1.16 bits per heavy atom. The van der Waals surface area contributed by atoms with Crippen molar-refractivity contribution < 1.29 is 9.53 Å². The molecule has 0 spiro atoms. The average Bonchev–Trinajstić information content (AvgIpc) is 3.20. The van der Waals surface area contributed by atoms with E-state index in [2.05, 4.69) is 63.2 Å². The summed E-state index contributed by atoms with van der Waals surface area (Å²) in [6, 6.07) is 0.276. The van der Waals surface area contributed by atoms with Crippen molar-refractivity contribution in [3.63, 3.8) is 0 Å². The summed E-state index contributed by atoms with van der Waals surface area (Å²) in [5.41, 5.74) is 5.54. The molecule has 9 atom stereocenters. The van der Waals surface area contributed by atoms with Gasteiger partial charge < -0.3 is 15.0 Å². The van der Waals surface area contributed by atoms with Crippen molar-refractivity contribution in [1.29, 1.82) is 0 Å². The molecule has 0 saturated heterocycles. The third-order valence-corrected chi connectivity index (χ3v) is 12.0. The topological polar surface area (TPSA) is 41.6 Å². The molecule has 4 aliphatic carbocycles. The monoisotopic (exact) mass is 508 g/mol. The third kappa shape index (κ3) is 4.69. The second kappa shape index (κ2) is 10.3. The number of rotatable bonds is 5. The number of hydrogen-bond donors (Lipinski definition) is 1. The first-order valence-corrected chi connectivity index (χ1v) is 15.2. The summed E-state index contributed by atoms with van der Waals surface area (Å²) >= 11 is 0. The van der Waals surface area contributed by atoms with Crippen molar-refractivity contribution in [3.8, 4) is 0 Å². The molecule has 0 aromatic carbocycles. The van der Waals surface area contributed by atoms with Gasteiger partial charge in [0.25, 0.3) is 0 Å². The molecule has 4 heteroatoms. The SMILES string of the molecule is CN[C@@H]1CC[C@]2(C)[C@H]3CC[C@]4(C)[C@@H]([C@H](C)/C=C/C5=C(C)CN(C)CC5)CC[C@H]4C3=CC[C@H]2[C@H]1OC(C)=O. The first kappa shape index (κ1) is 27.2. The maximum absolute atomic E-state index is 12.0. The van der Waals surface area contributed by atoms with Gasteiger partial charge in [-0.2, -0.15) is 0 Å². The van der Waals surface area contributed by atoms with Crippen molar-refractivity contribution >= 4 is 5.97 Å². The van der Waals surface area contributed by atoms with E-state index in [1.807, 2.05) is 7.05 Å². The number of carbonyl (C=O) groups excluding carboxylic acids is 1. The molecule has 206 valence electrons. The lowest BCUT2D eigenvalue weighted by atomic mass is 9.47. The Morgan fingerprint density at radius 3 is 2.59 bits per heavy atom. The van der Waals surface area contributed by atoms with Crippen LogP contribution in [0.4, 0.5) is 0 Å². The Hall–Kier alpha value is -1.39. The highest BCUT2D eigenvalue weighted by Crippen LogP contribution is 2.67. The number of nitrogens with zero attached hydrogens (tertiary/aromatic N) is 1. The van der Waals surface area contributed by atoms with Crippen LogP contribution in [-0.4, -0.2) is 50.2 Å². The van der Waals surface area contributed by atoms with Gasteiger partial charge in [-0.05, 0) is 112 Å². The van der Waals surface area contributed by atoms with Crippen LogP contribution in [0.15, 0.2) is 34.9 Å². The minimum absolute atomic E-state index is 0.00816. The molecule has 1 aliphatic heterocycles. The van der Waals surface area contributed by atoms with Crippen LogP contribution >= 0.6 is 0 Å². The Balaban J connectivity index is 1.36. The zero-order chi connectivity index (χ0) is 26.5. The molecule has 3 saturated carbocycles. The van der Waals surface area contributed by atoms with Gasteiger partial charge in [0.2, 0.25) is 0 Å².